The number of carbonyl (C=O) groups is 2. The fraction of sp³-hybridized carbons (Fsp3) is 0.281. The number of hydrogen-bond acceptors (Lipinski definition) is 3. The smallest absolute Gasteiger partial charge is 0.328 e. The first-order valence-corrected chi connectivity index (χ1v) is 13.1. The lowest BCUT2D eigenvalue weighted by Gasteiger charge is -2.30. The topological polar surface area (TPSA) is 65.2 Å². The largest absolute Gasteiger partial charge is 0.478 e. The predicted molar refractivity (Wildman–Crippen MR) is 153 cm³/mol. The molecular formula is C32H32FN3O3. The van der Waals surface area contributed by atoms with E-state index in [1.54, 1.807) is 17.0 Å². The van der Waals surface area contributed by atoms with Gasteiger partial charge in [-0.3, -0.25) is 4.79 Å². The van der Waals surface area contributed by atoms with Gasteiger partial charge in [-0.25, -0.2) is 14.0 Å². The molecule has 1 amide bonds. The highest BCUT2D eigenvalue weighted by atomic mass is 19.1. The summed E-state index contributed by atoms with van der Waals surface area (Å²) in [6.07, 6.45) is 6.87. The van der Waals surface area contributed by atoms with Crippen LogP contribution in [0.1, 0.15) is 43.2 Å². The molecule has 1 fully saturated rings. The Balaban J connectivity index is 1.70. The van der Waals surface area contributed by atoms with E-state index >= 15 is 0 Å². The number of amides is 1. The molecule has 1 saturated carbocycles. The second-order valence-electron chi connectivity index (χ2n) is 10.1. The number of carbonyl (C=O) groups excluding carboxylic acids is 1. The number of benzene rings is 3. The van der Waals surface area contributed by atoms with E-state index in [1.807, 2.05) is 55.4 Å². The predicted octanol–water partition coefficient (Wildman–Crippen LogP) is 7.32. The minimum Gasteiger partial charge on any atom is -0.478 e. The molecule has 3 aromatic carbocycles. The number of rotatable bonds is 8. The van der Waals surface area contributed by atoms with Crippen LogP contribution in [-0.2, 0) is 16.1 Å². The van der Waals surface area contributed by atoms with Crippen molar-refractivity contribution in [1.82, 2.24) is 0 Å². The van der Waals surface area contributed by atoms with Gasteiger partial charge in [-0.2, -0.15) is 0 Å². The molecule has 200 valence electrons. The highest BCUT2D eigenvalue weighted by molar-refractivity contribution is 5.95. The molecule has 0 unspecified atom stereocenters. The fourth-order valence-corrected chi connectivity index (χ4v) is 5.02. The van der Waals surface area contributed by atoms with E-state index in [0.717, 1.165) is 60.6 Å². The SMILES string of the molecule is [C-]#[N+]c1cc(CN(C(=O)C2CCCCC2)c2cc(F)cc(/C=C/C(=O)O)c2)ccc1-c1ccc(N(C)C)cc1. The first-order valence-electron chi connectivity index (χ1n) is 13.1. The molecular weight excluding hydrogens is 493 g/mol. The van der Waals surface area contributed by atoms with Crippen molar-refractivity contribution in [2.24, 2.45) is 5.92 Å². The Labute approximate surface area is 228 Å². The van der Waals surface area contributed by atoms with Gasteiger partial charge in [-0.15, -0.1) is 0 Å². The van der Waals surface area contributed by atoms with Crippen LogP contribution in [0.15, 0.2) is 66.7 Å². The zero-order valence-electron chi connectivity index (χ0n) is 22.2. The van der Waals surface area contributed by atoms with Crippen LogP contribution < -0.4 is 9.80 Å². The zero-order chi connectivity index (χ0) is 27.9. The molecule has 0 spiro atoms. The number of anilines is 2. The Hall–Kier alpha value is -4.44. The monoisotopic (exact) mass is 525 g/mol. The number of nitrogens with zero attached hydrogens (tertiary/aromatic N) is 3. The Kier molecular flexibility index (Phi) is 8.77. The molecule has 0 aliphatic heterocycles. The summed E-state index contributed by atoms with van der Waals surface area (Å²) in [5, 5.41) is 9.00. The van der Waals surface area contributed by atoms with Crippen LogP contribution in [0.4, 0.5) is 21.5 Å². The van der Waals surface area contributed by atoms with Crippen LogP contribution in [0, 0.1) is 18.3 Å². The van der Waals surface area contributed by atoms with Gasteiger partial charge in [0.2, 0.25) is 5.91 Å². The van der Waals surface area contributed by atoms with Crippen LogP contribution in [0.5, 0.6) is 0 Å². The summed E-state index contributed by atoms with van der Waals surface area (Å²) in [6.45, 7) is 7.97. The summed E-state index contributed by atoms with van der Waals surface area (Å²) in [5.41, 5.74) is 4.73. The zero-order valence-corrected chi connectivity index (χ0v) is 22.2. The molecule has 1 N–H and O–H groups in total. The fourth-order valence-electron chi connectivity index (χ4n) is 5.02. The maximum absolute atomic E-state index is 14.6. The maximum atomic E-state index is 14.6. The van der Waals surface area contributed by atoms with Crippen molar-refractivity contribution in [3.05, 3.63) is 95.1 Å². The number of carboxylic acids is 1. The molecule has 4 rings (SSSR count). The Bertz CT molecular complexity index is 1420. The molecule has 6 nitrogen and oxygen atoms in total. The van der Waals surface area contributed by atoms with Gasteiger partial charge >= 0.3 is 5.97 Å². The van der Waals surface area contributed by atoms with E-state index < -0.39 is 11.8 Å². The third-order valence-corrected chi connectivity index (χ3v) is 7.07. The first-order chi connectivity index (χ1) is 18.7. The van der Waals surface area contributed by atoms with Crippen LogP contribution in [0.3, 0.4) is 0 Å². The lowest BCUT2D eigenvalue weighted by molar-refractivity contribution is -0.131. The van der Waals surface area contributed by atoms with E-state index in [1.165, 1.54) is 18.2 Å². The van der Waals surface area contributed by atoms with Crippen LogP contribution >= 0.6 is 0 Å². The van der Waals surface area contributed by atoms with Crippen molar-refractivity contribution in [1.29, 1.82) is 0 Å². The summed E-state index contributed by atoms with van der Waals surface area (Å²) in [4.78, 5) is 32.1. The van der Waals surface area contributed by atoms with Crippen molar-refractivity contribution in [2.45, 2.75) is 38.6 Å². The normalized spacial score (nSPS) is 13.7. The van der Waals surface area contributed by atoms with Gasteiger partial charge in [0.15, 0.2) is 5.69 Å². The summed E-state index contributed by atoms with van der Waals surface area (Å²) in [7, 11) is 3.94. The van der Waals surface area contributed by atoms with Gasteiger partial charge in [0, 0.05) is 44.0 Å². The molecule has 0 aromatic heterocycles. The Morgan fingerprint density at radius 3 is 2.36 bits per heavy atom. The lowest BCUT2D eigenvalue weighted by atomic mass is 9.88. The second kappa shape index (κ2) is 12.4. The van der Waals surface area contributed by atoms with Gasteiger partial charge in [0.25, 0.3) is 0 Å². The van der Waals surface area contributed by atoms with E-state index in [9.17, 15) is 14.0 Å². The molecule has 0 atom stereocenters. The summed E-state index contributed by atoms with van der Waals surface area (Å²) in [5.74, 6) is -1.94. The van der Waals surface area contributed by atoms with Crippen molar-refractivity contribution in [3.8, 4) is 11.1 Å². The van der Waals surface area contributed by atoms with Crippen LogP contribution in [-0.4, -0.2) is 31.1 Å². The maximum Gasteiger partial charge on any atom is 0.328 e. The molecule has 7 heteroatoms. The average Bonchev–Trinajstić information content (AvgIpc) is 2.94. The number of carboxylic acid groups (broad SMARTS) is 1. The molecule has 0 saturated heterocycles. The summed E-state index contributed by atoms with van der Waals surface area (Å²) < 4.78 is 14.6. The van der Waals surface area contributed by atoms with Crippen molar-refractivity contribution >= 4 is 35.0 Å². The molecule has 3 aromatic rings. The minimum absolute atomic E-state index is 0.0822. The van der Waals surface area contributed by atoms with Crippen molar-refractivity contribution < 1.29 is 19.1 Å². The number of aliphatic carboxylic acids is 1. The van der Waals surface area contributed by atoms with E-state index in [4.69, 9.17) is 11.7 Å². The highest BCUT2D eigenvalue weighted by Crippen LogP contribution is 2.34. The number of hydrogen-bond donors (Lipinski definition) is 1. The van der Waals surface area contributed by atoms with Crippen LogP contribution in [0.25, 0.3) is 22.0 Å². The highest BCUT2D eigenvalue weighted by Gasteiger charge is 2.28. The molecule has 0 radical (unpaired) electrons. The lowest BCUT2D eigenvalue weighted by Crippen LogP contribution is -2.36. The van der Waals surface area contributed by atoms with Gasteiger partial charge in [-0.1, -0.05) is 49.6 Å². The third kappa shape index (κ3) is 6.91. The van der Waals surface area contributed by atoms with Gasteiger partial charge in [0.1, 0.15) is 5.82 Å². The summed E-state index contributed by atoms with van der Waals surface area (Å²) >= 11 is 0. The van der Waals surface area contributed by atoms with Gasteiger partial charge in [0.05, 0.1) is 6.57 Å². The first kappa shape index (κ1) is 27.6. The minimum atomic E-state index is -1.14. The van der Waals surface area contributed by atoms with Crippen molar-refractivity contribution in [2.75, 3.05) is 23.9 Å². The van der Waals surface area contributed by atoms with E-state index in [-0.39, 0.29) is 18.4 Å². The Morgan fingerprint density at radius 1 is 1.00 bits per heavy atom. The van der Waals surface area contributed by atoms with Gasteiger partial charge in [-0.05, 0) is 71.5 Å². The average molecular weight is 526 g/mol. The van der Waals surface area contributed by atoms with E-state index in [2.05, 4.69) is 4.85 Å². The molecule has 0 bridgehead atoms. The Morgan fingerprint density at radius 2 is 1.72 bits per heavy atom. The second-order valence-corrected chi connectivity index (χ2v) is 10.1. The van der Waals surface area contributed by atoms with Gasteiger partial charge < -0.3 is 14.9 Å². The molecule has 0 heterocycles. The molecule has 39 heavy (non-hydrogen) atoms. The quantitative estimate of drug-likeness (QED) is 0.247. The van der Waals surface area contributed by atoms with Crippen molar-refractivity contribution in [3.63, 3.8) is 0 Å². The standard InChI is InChI=1S/C32H32FN3O3/c1-34-30-19-23(9-15-29(30)24-11-13-27(14-12-24)35(2)3)21-36(32(39)25-7-5-4-6-8-25)28-18-22(10-16-31(37)38)17-26(33)20-28/h9-20,25H,4-8,21H2,2-3H3,(H,37,38)/b16-10+. The molecule has 1 aliphatic rings. The summed E-state index contributed by atoms with van der Waals surface area (Å²) in [6, 6.07) is 17.7. The van der Waals surface area contributed by atoms with E-state index in [0.29, 0.717) is 16.9 Å². The number of halogens is 1. The third-order valence-electron chi connectivity index (χ3n) is 7.07. The van der Waals surface area contributed by atoms with Crippen LogP contribution in [0.2, 0.25) is 0 Å². The molecule has 1 aliphatic carbocycles.